The highest BCUT2D eigenvalue weighted by atomic mass is 35.5. The molecule has 11 nitrogen and oxygen atoms in total. The predicted molar refractivity (Wildman–Crippen MR) is 207 cm³/mol. The Bertz CT molecular complexity index is 2060. The summed E-state index contributed by atoms with van der Waals surface area (Å²) in [7, 11) is 3.81. The minimum Gasteiger partial charge on any atom is -0.392 e. The number of imidazole rings is 2. The Morgan fingerprint density at radius 1 is 0.887 bits per heavy atom. The molecule has 8 rings (SSSR count). The number of nitrogens with one attached hydrogen (secondary N) is 2. The van der Waals surface area contributed by atoms with E-state index in [1.165, 1.54) is 38.5 Å². The summed E-state index contributed by atoms with van der Waals surface area (Å²) in [6, 6.07) is 11.3. The number of anilines is 2. The second-order valence-electron chi connectivity index (χ2n) is 16.1. The van der Waals surface area contributed by atoms with E-state index >= 15 is 0 Å². The van der Waals surface area contributed by atoms with Gasteiger partial charge in [-0.15, -0.1) is 0 Å². The number of carbonyl (C=O) groups is 2. The van der Waals surface area contributed by atoms with Gasteiger partial charge in [-0.25, -0.2) is 9.97 Å². The Balaban J connectivity index is 0.953. The molecule has 4 heterocycles. The lowest BCUT2D eigenvalue weighted by Gasteiger charge is -2.32. The van der Waals surface area contributed by atoms with Gasteiger partial charge in [0, 0.05) is 82.3 Å². The Hall–Kier alpha value is -4.03. The van der Waals surface area contributed by atoms with Gasteiger partial charge in [-0.3, -0.25) is 19.4 Å². The number of fused-ring (bicyclic) bond motifs is 4. The Morgan fingerprint density at radius 2 is 1.45 bits per heavy atom. The van der Waals surface area contributed by atoms with E-state index in [4.69, 9.17) is 16.6 Å². The number of halogens is 1. The highest BCUT2D eigenvalue weighted by Crippen LogP contribution is 2.56. The van der Waals surface area contributed by atoms with Gasteiger partial charge in [0.2, 0.25) is 0 Å². The first-order chi connectivity index (χ1) is 25.5. The van der Waals surface area contributed by atoms with Gasteiger partial charge < -0.3 is 24.9 Å². The molecule has 0 unspecified atom stereocenters. The van der Waals surface area contributed by atoms with Crippen LogP contribution in [0.3, 0.4) is 0 Å². The number of benzene rings is 2. The maximum absolute atomic E-state index is 13.8. The molecule has 0 saturated heterocycles. The van der Waals surface area contributed by atoms with Crippen molar-refractivity contribution in [3.63, 3.8) is 0 Å². The van der Waals surface area contributed by atoms with Crippen molar-refractivity contribution in [1.82, 2.24) is 28.9 Å². The van der Waals surface area contributed by atoms with E-state index in [1.54, 1.807) is 13.0 Å². The summed E-state index contributed by atoms with van der Waals surface area (Å²) >= 11 is 7.00. The number of carbonyl (C=O) groups excluding carboxylic acids is 2. The molecular weight excluding hydrogens is 688 g/mol. The number of rotatable bonds is 10. The standard InChI is InChI=1S/C41H51ClN8O3/c1-25(51)22-50-19-14-35-33(24-50)44-38(48(35)4)40(53)46-31-10-6-8-29(36(31)42)28-7-5-9-30(26(28)2)45-39(52)37-43-32-23-49(18-13-34(32)47(37)3)20-17-41-15-11-27(21-41)12-16-41/h5-10,25,27,51H,11-24H2,1-4H3,(H,45,52)(H,46,53)/t25-,27?,41?/m0/s1. The first-order valence-electron chi connectivity index (χ1n) is 19.2. The lowest BCUT2D eigenvalue weighted by atomic mass is 9.81. The predicted octanol–water partition coefficient (Wildman–Crippen LogP) is 6.35. The third-order valence-electron chi connectivity index (χ3n) is 12.6. The second-order valence-corrected chi connectivity index (χ2v) is 16.5. The molecule has 3 N–H and O–H groups in total. The lowest BCUT2D eigenvalue weighted by molar-refractivity contribution is 0.100. The molecule has 4 aromatic rings. The van der Waals surface area contributed by atoms with E-state index in [2.05, 4.69) is 25.4 Å². The summed E-state index contributed by atoms with van der Waals surface area (Å²) in [5, 5.41) is 16.4. The van der Waals surface area contributed by atoms with E-state index in [1.807, 2.05) is 60.5 Å². The SMILES string of the molecule is Cc1c(NC(=O)c2nc3c(n2C)CCN(CCC24CCC(CC2)C4)C3)cccc1-c1cccc(NC(=O)c2nc3c(n2C)CCN(C[C@H](C)O)C3)c1Cl. The largest absolute Gasteiger partial charge is 0.392 e. The molecule has 12 heteroatoms. The summed E-state index contributed by atoms with van der Waals surface area (Å²) in [5.74, 6) is 1.12. The molecule has 1 atom stereocenters. The van der Waals surface area contributed by atoms with Gasteiger partial charge in [-0.05, 0) is 93.5 Å². The van der Waals surface area contributed by atoms with Crippen LogP contribution >= 0.6 is 11.6 Å². The molecule has 2 saturated carbocycles. The highest BCUT2D eigenvalue weighted by molar-refractivity contribution is 6.36. The van der Waals surface area contributed by atoms with Gasteiger partial charge in [0.15, 0.2) is 11.6 Å². The normalized spacial score (nSPS) is 21.7. The first-order valence-corrected chi connectivity index (χ1v) is 19.6. The van der Waals surface area contributed by atoms with Crippen LogP contribution in [0.2, 0.25) is 5.02 Å². The molecule has 0 spiro atoms. The molecule has 2 amide bonds. The average molecular weight is 739 g/mol. The summed E-state index contributed by atoms with van der Waals surface area (Å²) in [5.41, 5.74) is 8.21. The van der Waals surface area contributed by atoms with Crippen molar-refractivity contribution in [3.8, 4) is 11.1 Å². The van der Waals surface area contributed by atoms with Crippen LogP contribution < -0.4 is 10.6 Å². The summed E-state index contributed by atoms with van der Waals surface area (Å²) in [4.78, 5) is 41.6. The van der Waals surface area contributed by atoms with Gasteiger partial charge >= 0.3 is 0 Å². The Morgan fingerprint density at radius 3 is 2.06 bits per heavy atom. The van der Waals surface area contributed by atoms with Crippen LogP contribution in [0.5, 0.6) is 0 Å². The molecule has 2 fully saturated rings. The monoisotopic (exact) mass is 738 g/mol. The van der Waals surface area contributed by atoms with E-state index in [0.29, 0.717) is 46.6 Å². The van der Waals surface area contributed by atoms with Crippen molar-refractivity contribution in [1.29, 1.82) is 0 Å². The van der Waals surface area contributed by atoms with Gasteiger partial charge in [-0.2, -0.15) is 0 Å². The molecule has 53 heavy (non-hydrogen) atoms. The van der Waals surface area contributed by atoms with Crippen LogP contribution in [0.4, 0.5) is 11.4 Å². The van der Waals surface area contributed by atoms with E-state index < -0.39 is 6.10 Å². The zero-order valence-corrected chi connectivity index (χ0v) is 32.1. The number of aromatic nitrogens is 4. The fraction of sp³-hybridized carbons (Fsp3) is 0.512. The third-order valence-corrected chi connectivity index (χ3v) is 13.0. The molecule has 2 aliphatic carbocycles. The maximum atomic E-state index is 13.8. The number of hydrogen-bond donors (Lipinski definition) is 3. The number of β-amino-alcohol motifs (C(OH)–C–C–N with tert-alkyl or cyclic N) is 1. The Kier molecular flexibility index (Phi) is 9.72. The van der Waals surface area contributed by atoms with Gasteiger partial charge in [0.25, 0.3) is 11.8 Å². The maximum Gasteiger partial charge on any atom is 0.291 e. The highest BCUT2D eigenvalue weighted by Gasteiger charge is 2.44. The molecule has 2 aromatic heterocycles. The fourth-order valence-electron chi connectivity index (χ4n) is 9.60. The lowest BCUT2D eigenvalue weighted by Crippen LogP contribution is -2.36. The third kappa shape index (κ3) is 6.93. The van der Waals surface area contributed by atoms with Crippen molar-refractivity contribution >= 4 is 34.8 Å². The number of hydrogen-bond acceptors (Lipinski definition) is 7. The van der Waals surface area contributed by atoms with Crippen molar-refractivity contribution in [3.05, 3.63) is 81.4 Å². The number of nitrogens with zero attached hydrogens (tertiary/aromatic N) is 6. The molecule has 280 valence electrons. The van der Waals surface area contributed by atoms with Crippen molar-refractivity contribution < 1.29 is 14.7 Å². The summed E-state index contributed by atoms with van der Waals surface area (Å²) in [6.45, 7) is 8.60. The number of aliphatic hydroxyl groups excluding tert-OH is 1. The van der Waals surface area contributed by atoms with Crippen LogP contribution in [-0.4, -0.2) is 78.1 Å². The number of amides is 2. The Labute approximate surface area is 316 Å². The van der Waals surface area contributed by atoms with Crippen molar-refractivity contribution in [2.45, 2.75) is 84.4 Å². The zero-order chi connectivity index (χ0) is 37.0. The smallest absolute Gasteiger partial charge is 0.291 e. The molecule has 2 aromatic carbocycles. The summed E-state index contributed by atoms with van der Waals surface area (Å²) < 4.78 is 3.82. The minimum absolute atomic E-state index is 0.241. The van der Waals surface area contributed by atoms with E-state index in [0.717, 1.165) is 84.4 Å². The quantitative estimate of drug-likeness (QED) is 0.173. The van der Waals surface area contributed by atoms with Crippen LogP contribution in [-0.2, 0) is 40.0 Å². The van der Waals surface area contributed by atoms with E-state index in [9.17, 15) is 14.7 Å². The minimum atomic E-state index is -0.430. The molecule has 2 bridgehead atoms. The number of aliphatic hydroxyl groups is 1. The van der Waals surface area contributed by atoms with Gasteiger partial charge in [0.1, 0.15) is 0 Å². The second kappa shape index (κ2) is 14.3. The van der Waals surface area contributed by atoms with Crippen molar-refractivity contribution in [2.75, 3.05) is 36.8 Å². The molecule has 2 aliphatic heterocycles. The van der Waals surface area contributed by atoms with E-state index in [-0.39, 0.29) is 11.8 Å². The molecular formula is C41H51ClN8O3. The molecule has 0 radical (unpaired) electrons. The topological polar surface area (TPSA) is 121 Å². The fourth-order valence-corrected chi connectivity index (χ4v) is 9.88. The van der Waals surface area contributed by atoms with Crippen LogP contribution in [0.1, 0.15) is 95.0 Å². The first kappa shape index (κ1) is 36.0. The average Bonchev–Trinajstić information content (AvgIpc) is 3.91. The zero-order valence-electron chi connectivity index (χ0n) is 31.3. The molecule has 4 aliphatic rings. The van der Waals surface area contributed by atoms with Crippen LogP contribution in [0, 0.1) is 18.3 Å². The van der Waals surface area contributed by atoms with Gasteiger partial charge in [0.05, 0.1) is 28.2 Å². The van der Waals surface area contributed by atoms with Gasteiger partial charge in [-0.1, -0.05) is 35.9 Å². The summed E-state index contributed by atoms with van der Waals surface area (Å²) in [6.07, 6.45) is 9.57. The van der Waals surface area contributed by atoms with Crippen molar-refractivity contribution in [2.24, 2.45) is 25.4 Å². The van der Waals surface area contributed by atoms with Crippen LogP contribution in [0.15, 0.2) is 36.4 Å². The van der Waals surface area contributed by atoms with Crippen LogP contribution in [0.25, 0.3) is 11.1 Å².